The minimum absolute atomic E-state index is 0.0821. The molecule has 0 aromatic carbocycles. The van der Waals surface area contributed by atoms with Crippen LogP contribution in [0.5, 0.6) is 0 Å². The third kappa shape index (κ3) is 7.12. The molecule has 0 unspecified atom stereocenters. The molecule has 0 fully saturated rings. The fraction of sp³-hybridized carbons (Fsp3) is 0.667. The summed E-state index contributed by atoms with van der Waals surface area (Å²) < 4.78 is 4.76. The first kappa shape index (κ1) is 15.2. The second-order valence-corrected chi connectivity index (χ2v) is 3.36. The van der Waals surface area contributed by atoms with Gasteiger partial charge in [-0.25, -0.2) is 0 Å². The van der Waals surface area contributed by atoms with Gasteiger partial charge in [0.2, 0.25) is 11.8 Å². The number of oxime groups is 1. The van der Waals surface area contributed by atoms with E-state index in [1.807, 2.05) is 0 Å². The summed E-state index contributed by atoms with van der Waals surface area (Å²) in [5.41, 5.74) is 5.18. The van der Waals surface area contributed by atoms with E-state index in [2.05, 4.69) is 10.5 Å². The lowest BCUT2D eigenvalue weighted by Crippen LogP contribution is -2.40. The molecule has 8 heteroatoms. The predicted octanol–water partition coefficient (Wildman–Crippen LogP) is -1.66. The summed E-state index contributed by atoms with van der Waals surface area (Å²) in [4.78, 5) is 23.9. The van der Waals surface area contributed by atoms with Crippen LogP contribution < -0.4 is 11.1 Å². The highest BCUT2D eigenvalue weighted by Crippen LogP contribution is 1.90. The first-order chi connectivity index (χ1) is 8.01. The van der Waals surface area contributed by atoms with E-state index >= 15 is 0 Å². The van der Waals surface area contributed by atoms with Gasteiger partial charge in [0.1, 0.15) is 5.84 Å². The van der Waals surface area contributed by atoms with E-state index in [0.717, 1.165) is 0 Å². The van der Waals surface area contributed by atoms with Crippen molar-refractivity contribution in [3.05, 3.63) is 0 Å². The SMILES string of the molecule is COCCNC(=O)CN(C)C(=O)CC(N)=NO. The van der Waals surface area contributed by atoms with E-state index in [1.165, 1.54) is 19.1 Å². The van der Waals surface area contributed by atoms with Crippen LogP contribution >= 0.6 is 0 Å². The molecule has 0 aliphatic rings. The van der Waals surface area contributed by atoms with Gasteiger partial charge in [-0.2, -0.15) is 0 Å². The highest BCUT2D eigenvalue weighted by molar-refractivity contribution is 5.99. The normalized spacial score (nSPS) is 11.1. The lowest BCUT2D eigenvalue weighted by atomic mass is 10.3. The third-order valence-electron chi connectivity index (χ3n) is 1.90. The monoisotopic (exact) mass is 246 g/mol. The Bertz CT molecular complexity index is 293. The molecule has 0 saturated heterocycles. The molecule has 0 saturated carbocycles. The van der Waals surface area contributed by atoms with Crippen molar-refractivity contribution in [2.75, 3.05) is 33.9 Å². The van der Waals surface area contributed by atoms with Crippen LogP contribution in [0.15, 0.2) is 5.16 Å². The molecule has 0 aromatic rings. The Kier molecular flexibility index (Phi) is 7.44. The van der Waals surface area contributed by atoms with Crippen molar-refractivity contribution >= 4 is 17.6 Å². The van der Waals surface area contributed by atoms with Gasteiger partial charge in [-0.1, -0.05) is 5.16 Å². The molecule has 0 aliphatic heterocycles. The molecule has 0 aliphatic carbocycles. The maximum atomic E-state index is 11.4. The smallest absolute Gasteiger partial charge is 0.239 e. The van der Waals surface area contributed by atoms with Crippen molar-refractivity contribution < 1.29 is 19.5 Å². The quantitative estimate of drug-likeness (QED) is 0.163. The molecule has 0 heterocycles. The fourth-order valence-corrected chi connectivity index (χ4v) is 0.977. The molecule has 0 aromatic heterocycles. The minimum Gasteiger partial charge on any atom is -0.409 e. The lowest BCUT2D eigenvalue weighted by molar-refractivity contribution is -0.133. The molecule has 0 bridgehead atoms. The molecule has 17 heavy (non-hydrogen) atoms. The zero-order valence-corrected chi connectivity index (χ0v) is 9.97. The maximum absolute atomic E-state index is 11.4. The van der Waals surface area contributed by atoms with Crippen LogP contribution in [0.3, 0.4) is 0 Å². The number of rotatable bonds is 7. The molecule has 0 rings (SSSR count). The summed E-state index contributed by atoms with van der Waals surface area (Å²) >= 11 is 0. The molecular formula is C9H18N4O4. The Balaban J connectivity index is 3.94. The zero-order chi connectivity index (χ0) is 13.3. The molecule has 0 spiro atoms. The second kappa shape index (κ2) is 8.34. The predicted molar refractivity (Wildman–Crippen MR) is 60.5 cm³/mol. The molecule has 8 nitrogen and oxygen atoms in total. The van der Waals surface area contributed by atoms with E-state index < -0.39 is 5.91 Å². The summed E-state index contributed by atoms with van der Waals surface area (Å²) in [7, 11) is 2.99. The number of hydrogen-bond acceptors (Lipinski definition) is 5. The molecule has 0 radical (unpaired) electrons. The van der Waals surface area contributed by atoms with Gasteiger partial charge in [-0.05, 0) is 0 Å². The summed E-state index contributed by atoms with van der Waals surface area (Å²) in [6.07, 6.45) is -0.224. The number of hydrogen-bond donors (Lipinski definition) is 3. The maximum Gasteiger partial charge on any atom is 0.239 e. The van der Waals surface area contributed by atoms with Gasteiger partial charge >= 0.3 is 0 Å². The number of nitrogens with two attached hydrogens (primary N) is 1. The van der Waals surface area contributed by atoms with E-state index in [4.69, 9.17) is 15.7 Å². The van der Waals surface area contributed by atoms with E-state index in [9.17, 15) is 9.59 Å². The van der Waals surface area contributed by atoms with Gasteiger partial charge in [0.15, 0.2) is 0 Å². The van der Waals surface area contributed by atoms with Gasteiger partial charge in [-0.3, -0.25) is 9.59 Å². The van der Waals surface area contributed by atoms with Gasteiger partial charge in [-0.15, -0.1) is 0 Å². The Hall–Kier alpha value is -1.83. The van der Waals surface area contributed by atoms with Crippen molar-refractivity contribution in [1.82, 2.24) is 10.2 Å². The number of ether oxygens (including phenoxy) is 1. The number of likely N-dealkylation sites (N-methyl/N-ethyl adjacent to an activating group) is 1. The van der Waals surface area contributed by atoms with Gasteiger partial charge in [0, 0.05) is 20.7 Å². The van der Waals surface area contributed by atoms with Crippen LogP contribution in [0.4, 0.5) is 0 Å². The molecule has 0 atom stereocenters. The Labute approximate surface area is 99.4 Å². The number of carbonyl (C=O) groups excluding carboxylic acids is 2. The van der Waals surface area contributed by atoms with Crippen molar-refractivity contribution in [2.45, 2.75) is 6.42 Å². The van der Waals surface area contributed by atoms with E-state index in [0.29, 0.717) is 13.2 Å². The Morgan fingerprint density at radius 3 is 2.71 bits per heavy atom. The second-order valence-electron chi connectivity index (χ2n) is 3.36. The number of amides is 2. The van der Waals surface area contributed by atoms with Gasteiger partial charge in [0.25, 0.3) is 0 Å². The van der Waals surface area contributed by atoms with Crippen LogP contribution in [0.1, 0.15) is 6.42 Å². The number of amidine groups is 1. The first-order valence-electron chi connectivity index (χ1n) is 4.97. The highest BCUT2D eigenvalue weighted by atomic mass is 16.5. The lowest BCUT2D eigenvalue weighted by Gasteiger charge is -2.16. The molecule has 4 N–H and O–H groups in total. The van der Waals surface area contributed by atoms with Crippen LogP contribution in [-0.4, -0.2) is 61.6 Å². The van der Waals surface area contributed by atoms with Crippen molar-refractivity contribution in [1.29, 1.82) is 0 Å². The standard InChI is InChI=1S/C9H18N4O4/c1-13(9(15)5-7(10)12-16)6-8(14)11-3-4-17-2/h16H,3-6H2,1-2H3,(H2,10,12)(H,11,14). The minimum atomic E-state index is -0.401. The van der Waals surface area contributed by atoms with E-state index in [1.54, 1.807) is 0 Å². The summed E-state index contributed by atoms with van der Waals surface area (Å²) in [6, 6.07) is 0. The largest absolute Gasteiger partial charge is 0.409 e. The highest BCUT2D eigenvalue weighted by Gasteiger charge is 2.13. The van der Waals surface area contributed by atoms with Crippen LogP contribution in [0.2, 0.25) is 0 Å². The Morgan fingerprint density at radius 1 is 1.53 bits per heavy atom. The summed E-state index contributed by atoms with van der Waals surface area (Å²) in [5, 5.41) is 13.5. The first-order valence-corrected chi connectivity index (χ1v) is 4.97. The fourth-order valence-electron chi connectivity index (χ4n) is 0.977. The molecule has 2 amide bonds. The average Bonchev–Trinajstić information content (AvgIpc) is 2.28. The number of methoxy groups -OCH3 is 1. The van der Waals surface area contributed by atoms with Crippen LogP contribution in [0, 0.1) is 0 Å². The number of carbonyl (C=O) groups is 2. The van der Waals surface area contributed by atoms with Crippen molar-refractivity contribution in [3.8, 4) is 0 Å². The van der Waals surface area contributed by atoms with Crippen LogP contribution in [-0.2, 0) is 14.3 Å². The number of nitrogens with zero attached hydrogens (tertiary/aromatic N) is 2. The zero-order valence-electron chi connectivity index (χ0n) is 9.97. The van der Waals surface area contributed by atoms with Gasteiger partial charge < -0.3 is 25.9 Å². The van der Waals surface area contributed by atoms with Gasteiger partial charge in [0.05, 0.1) is 19.6 Å². The molecule has 98 valence electrons. The topological polar surface area (TPSA) is 117 Å². The molecular weight excluding hydrogens is 228 g/mol. The summed E-state index contributed by atoms with van der Waals surface area (Å²) in [6.45, 7) is 0.715. The van der Waals surface area contributed by atoms with Crippen LogP contribution in [0.25, 0.3) is 0 Å². The Morgan fingerprint density at radius 2 is 2.18 bits per heavy atom. The van der Waals surface area contributed by atoms with Crippen molar-refractivity contribution in [2.24, 2.45) is 10.9 Å². The average molecular weight is 246 g/mol. The van der Waals surface area contributed by atoms with Crippen molar-refractivity contribution in [3.63, 3.8) is 0 Å². The number of nitrogens with one attached hydrogen (secondary N) is 1. The summed E-state index contributed by atoms with van der Waals surface area (Å²) in [5.74, 6) is -0.888. The van der Waals surface area contributed by atoms with E-state index in [-0.39, 0.29) is 24.7 Å². The third-order valence-corrected chi connectivity index (χ3v) is 1.90.